The van der Waals surface area contributed by atoms with Crippen LogP contribution >= 0.6 is 0 Å². The van der Waals surface area contributed by atoms with E-state index in [2.05, 4.69) is 87.6 Å². The largest absolute Gasteiger partial charge is 0.456 e. The molecule has 7 aromatic rings. The van der Waals surface area contributed by atoms with E-state index in [-0.39, 0.29) is 21.7 Å². The highest BCUT2D eigenvalue weighted by Gasteiger charge is 2.53. The van der Waals surface area contributed by atoms with Crippen molar-refractivity contribution >= 4 is 71.6 Å². The van der Waals surface area contributed by atoms with E-state index in [0.717, 1.165) is 95.5 Å². The van der Waals surface area contributed by atoms with Gasteiger partial charge in [-0.2, -0.15) is 0 Å². The van der Waals surface area contributed by atoms with Gasteiger partial charge >= 0.3 is 0 Å². The summed E-state index contributed by atoms with van der Waals surface area (Å²) in [5.74, 6) is 0.930. The molecule has 0 aliphatic heterocycles. The number of hydrogen-bond acceptors (Lipinski definition) is 3. The number of rotatable bonds is 1. The van der Waals surface area contributed by atoms with E-state index in [0.29, 0.717) is 17.5 Å². The second-order valence-electron chi connectivity index (χ2n) is 17.4. The zero-order valence-electron chi connectivity index (χ0n) is 28.6. The molecule has 0 spiro atoms. The third-order valence-corrected chi connectivity index (χ3v) is 14.8. The predicted octanol–water partition coefficient (Wildman–Crippen LogP) is 11.4. The molecule has 3 heterocycles. The van der Waals surface area contributed by atoms with Crippen molar-refractivity contribution in [2.75, 3.05) is 0 Å². The molecule has 0 saturated heterocycles. The molecule has 240 valence electrons. The summed E-state index contributed by atoms with van der Waals surface area (Å²) in [6.07, 6.45) is 7.95. The Hall–Kier alpha value is -4.18. The maximum absolute atomic E-state index is 14.8. The number of nitrogens with zero attached hydrogens (tertiary/aromatic N) is 1. The number of hydrogen-bond donors (Lipinski definition) is 0. The lowest BCUT2D eigenvalue weighted by Gasteiger charge is -2.42. The van der Waals surface area contributed by atoms with E-state index in [1.807, 2.05) is 6.07 Å². The molecule has 4 heteroatoms. The van der Waals surface area contributed by atoms with Gasteiger partial charge in [0, 0.05) is 54.3 Å². The number of Topliss-reactive ketones (excluding diaryl/α,β-unsaturated/α-hetero) is 2. The van der Waals surface area contributed by atoms with Crippen LogP contribution in [-0.2, 0) is 10.8 Å². The fourth-order valence-electron chi connectivity index (χ4n) is 11.3. The van der Waals surface area contributed by atoms with Gasteiger partial charge in [-0.3, -0.25) is 9.59 Å². The van der Waals surface area contributed by atoms with Crippen molar-refractivity contribution in [2.45, 2.75) is 96.8 Å². The van der Waals surface area contributed by atoms with E-state index >= 15 is 0 Å². The molecule has 0 atom stereocenters. The average molecular weight is 632 g/mol. The topological polar surface area (TPSA) is 51.7 Å². The first kappa shape index (κ1) is 27.7. The summed E-state index contributed by atoms with van der Waals surface area (Å²) in [7, 11) is 0. The van der Waals surface area contributed by atoms with E-state index in [4.69, 9.17) is 4.42 Å². The summed E-state index contributed by atoms with van der Waals surface area (Å²) in [5.41, 5.74) is 8.71. The maximum Gasteiger partial charge on any atom is 0.169 e. The Morgan fingerprint density at radius 2 is 1.19 bits per heavy atom. The highest BCUT2D eigenvalue weighted by atomic mass is 16.3. The number of aromatic nitrogens is 1. The van der Waals surface area contributed by atoms with E-state index in [9.17, 15) is 9.59 Å². The minimum absolute atomic E-state index is 0.0123. The van der Waals surface area contributed by atoms with Crippen LogP contribution in [-0.4, -0.2) is 16.0 Å². The molecule has 4 nitrogen and oxygen atoms in total. The number of carbonyl (C=O) groups excluding carboxylic acids is 2. The van der Waals surface area contributed by atoms with E-state index in [1.165, 1.54) is 38.2 Å². The lowest BCUT2D eigenvalue weighted by atomic mass is 9.60. The van der Waals surface area contributed by atoms with Crippen LogP contribution in [0.3, 0.4) is 0 Å². The molecule has 48 heavy (non-hydrogen) atoms. The lowest BCUT2D eigenvalue weighted by molar-refractivity contribution is 0.0543. The third kappa shape index (κ3) is 2.98. The molecule has 6 aliphatic rings. The zero-order valence-corrected chi connectivity index (χ0v) is 28.6. The van der Waals surface area contributed by atoms with Gasteiger partial charge in [0.2, 0.25) is 0 Å². The van der Waals surface area contributed by atoms with Gasteiger partial charge in [0.05, 0.1) is 16.6 Å². The lowest BCUT2D eigenvalue weighted by Crippen LogP contribution is -2.39. The van der Waals surface area contributed by atoms with Gasteiger partial charge in [0.1, 0.15) is 11.2 Å². The summed E-state index contributed by atoms with van der Waals surface area (Å²) in [5, 5.41) is 7.00. The zero-order chi connectivity index (χ0) is 32.7. The molecule has 0 unspecified atom stereocenters. The van der Waals surface area contributed by atoms with E-state index < -0.39 is 0 Å². The highest BCUT2D eigenvalue weighted by Crippen LogP contribution is 2.58. The molecule has 13 rings (SSSR count). The van der Waals surface area contributed by atoms with Gasteiger partial charge in [-0.15, -0.1) is 0 Å². The number of carbonyl (C=O) groups is 2. The van der Waals surface area contributed by atoms with Gasteiger partial charge in [0.25, 0.3) is 0 Å². The van der Waals surface area contributed by atoms with Gasteiger partial charge in [0.15, 0.2) is 11.6 Å². The second-order valence-corrected chi connectivity index (χ2v) is 17.4. The van der Waals surface area contributed by atoms with Crippen LogP contribution in [0.5, 0.6) is 0 Å². The van der Waals surface area contributed by atoms with Crippen LogP contribution in [0.4, 0.5) is 0 Å². The minimum Gasteiger partial charge on any atom is -0.456 e. The number of benzene rings is 4. The smallest absolute Gasteiger partial charge is 0.169 e. The summed E-state index contributed by atoms with van der Waals surface area (Å²) in [4.78, 5) is 29.2. The van der Waals surface area contributed by atoms with Crippen LogP contribution in [0.15, 0.2) is 59.0 Å². The molecule has 3 aromatic heterocycles. The van der Waals surface area contributed by atoms with E-state index in [1.54, 1.807) is 0 Å². The van der Waals surface area contributed by atoms with Crippen molar-refractivity contribution in [2.24, 2.45) is 16.7 Å². The van der Waals surface area contributed by atoms with Crippen molar-refractivity contribution in [3.05, 3.63) is 76.9 Å². The molecule has 0 radical (unpaired) electrons. The molecule has 2 saturated carbocycles. The van der Waals surface area contributed by atoms with Crippen LogP contribution in [0.25, 0.3) is 60.0 Å². The first-order chi connectivity index (χ1) is 23.0. The van der Waals surface area contributed by atoms with Crippen molar-refractivity contribution in [1.29, 1.82) is 0 Å². The van der Waals surface area contributed by atoms with Crippen LogP contribution in [0.2, 0.25) is 0 Å². The standard InChI is InChI=1S/C44H41NO3/c1-23(2)44-16-14-42(4,15-17-44)31-19-29-33(21-28(31)40(44)47)45-32-20-27-30(41(3)10-12-43(5,13-11-41)39(27)46)18-25(32)26-22-35-36(37(29)38(26)45)24-8-6-7-9-34(24)48-35/h6-9,18-23H,10-17H2,1-5H3. The van der Waals surface area contributed by atoms with Crippen molar-refractivity contribution in [3.63, 3.8) is 0 Å². The molecule has 2 fully saturated rings. The number of ketones is 2. The Balaban J connectivity index is 1.36. The highest BCUT2D eigenvalue weighted by molar-refractivity contribution is 6.35. The minimum atomic E-state index is -0.305. The molecule has 4 aromatic carbocycles. The SMILES string of the molecule is CC(C)C12CCC(C)(CC1)c1cc3c4c5c(cc6c7cc8c(cc7n(c3cc1C2=O)c64)C(=O)C1(C)CCC8(C)CC1)oc1ccccc15. The van der Waals surface area contributed by atoms with Gasteiger partial charge < -0.3 is 8.82 Å². The molecule has 0 amide bonds. The molecular weight excluding hydrogens is 590 g/mol. The fourth-order valence-corrected chi connectivity index (χ4v) is 11.3. The Morgan fingerprint density at radius 1 is 0.604 bits per heavy atom. The quantitative estimate of drug-likeness (QED) is 0.181. The Morgan fingerprint density at radius 3 is 1.88 bits per heavy atom. The summed E-state index contributed by atoms with van der Waals surface area (Å²) in [6.45, 7) is 11.4. The monoisotopic (exact) mass is 631 g/mol. The average Bonchev–Trinajstić information content (AvgIpc) is 3.66. The molecule has 0 N–H and O–H groups in total. The molecule has 4 bridgehead atoms. The first-order valence-corrected chi connectivity index (χ1v) is 18.2. The summed E-state index contributed by atoms with van der Waals surface area (Å²) < 4.78 is 9.04. The van der Waals surface area contributed by atoms with Crippen LogP contribution < -0.4 is 0 Å². The maximum atomic E-state index is 14.8. The predicted molar refractivity (Wildman–Crippen MR) is 194 cm³/mol. The Bertz CT molecular complexity index is 2630. The third-order valence-electron chi connectivity index (χ3n) is 14.8. The van der Waals surface area contributed by atoms with Crippen molar-refractivity contribution in [1.82, 2.24) is 4.40 Å². The molecule has 6 aliphatic carbocycles. The summed E-state index contributed by atoms with van der Waals surface area (Å²) in [6, 6.07) is 19.9. The van der Waals surface area contributed by atoms with Crippen LogP contribution in [0, 0.1) is 16.7 Å². The van der Waals surface area contributed by atoms with Crippen molar-refractivity contribution in [3.8, 4) is 0 Å². The second kappa shape index (κ2) is 8.33. The normalized spacial score (nSPS) is 30.1. The van der Waals surface area contributed by atoms with Gasteiger partial charge in [-0.05, 0) is 116 Å². The fraction of sp³-hybridized carbons (Fsp3) is 0.409. The number of fused-ring (bicyclic) bond motifs is 14. The van der Waals surface area contributed by atoms with Gasteiger partial charge in [-0.25, -0.2) is 0 Å². The number of furan rings is 1. The summed E-state index contributed by atoms with van der Waals surface area (Å²) >= 11 is 0. The van der Waals surface area contributed by atoms with Crippen molar-refractivity contribution < 1.29 is 14.0 Å². The Labute approximate surface area is 279 Å². The van der Waals surface area contributed by atoms with Crippen LogP contribution in [0.1, 0.15) is 118 Å². The first-order valence-electron chi connectivity index (χ1n) is 18.2. The number of para-hydroxylation sites is 1. The molecular formula is C44H41NO3. The Kier molecular flexibility index (Phi) is 4.81. The van der Waals surface area contributed by atoms with Gasteiger partial charge in [-0.1, -0.05) is 52.8 Å².